The summed E-state index contributed by atoms with van der Waals surface area (Å²) in [7, 11) is -3.36. The van der Waals surface area contributed by atoms with Crippen molar-refractivity contribution in [3.05, 3.63) is 18.0 Å². The molecule has 1 fully saturated rings. The standard InChI is InChI=1S/C14H23N3O3S/c1-4-12-7-15-14(16-8-12)17-6-5-13(9-17)11(2)10-20-21(3,18)19/h7-8,11,13H,4-6,9-10H2,1-3H3. The van der Waals surface area contributed by atoms with Crippen LogP contribution in [0.1, 0.15) is 25.8 Å². The molecule has 0 aromatic carbocycles. The van der Waals surface area contributed by atoms with E-state index in [9.17, 15) is 8.42 Å². The van der Waals surface area contributed by atoms with Gasteiger partial charge in [0.05, 0.1) is 12.9 Å². The Balaban J connectivity index is 1.90. The first-order valence-electron chi connectivity index (χ1n) is 7.29. The Morgan fingerprint density at radius 2 is 2.10 bits per heavy atom. The third-order valence-corrected chi connectivity index (χ3v) is 4.52. The van der Waals surface area contributed by atoms with E-state index in [0.29, 0.717) is 5.92 Å². The van der Waals surface area contributed by atoms with Crippen molar-refractivity contribution < 1.29 is 12.6 Å². The molecule has 0 bridgehead atoms. The quantitative estimate of drug-likeness (QED) is 0.741. The highest BCUT2D eigenvalue weighted by atomic mass is 32.2. The summed E-state index contributed by atoms with van der Waals surface area (Å²) in [4.78, 5) is 11.0. The highest BCUT2D eigenvalue weighted by molar-refractivity contribution is 7.85. The molecule has 1 aromatic heterocycles. The van der Waals surface area contributed by atoms with E-state index in [1.54, 1.807) is 0 Å². The van der Waals surface area contributed by atoms with E-state index in [1.807, 2.05) is 19.3 Å². The molecule has 0 amide bonds. The molecular weight excluding hydrogens is 290 g/mol. The minimum atomic E-state index is -3.36. The predicted molar refractivity (Wildman–Crippen MR) is 81.7 cm³/mol. The lowest BCUT2D eigenvalue weighted by molar-refractivity contribution is 0.223. The molecule has 0 spiro atoms. The number of rotatable bonds is 6. The molecule has 118 valence electrons. The second-order valence-corrected chi connectivity index (χ2v) is 7.35. The molecule has 7 heteroatoms. The van der Waals surface area contributed by atoms with E-state index in [4.69, 9.17) is 4.18 Å². The topological polar surface area (TPSA) is 72.4 Å². The van der Waals surface area contributed by atoms with Crippen LogP contribution in [0.3, 0.4) is 0 Å². The molecule has 0 radical (unpaired) electrons. The van der Waals surface area contributed by atoms with Crippen LogP contribution in [0.4, 0.5) is 5.95 Å². The molecule has 1 aliphatic heterocycles. The maximum Gasteiger partial charge on any atom is 0.264 e. The first kappa shape index (κ1) is 16.2. The van der Waals surface area contributed by atoms with Crippen molar-refractivity contribution >= 4 is 16.1 Å². The third-order valence-electron chi connectivity index (χ3n) is 3.96. The first-order valence-corrected chi connectivity index (χ1v) is 9.11. The number of aryl methyl sites for hydroxylation is 1. The van der Waals surface area contributed by atoms with Gasteiger partial charge in [0, 0.05) is 25.5 Å². The second kappa shape index (κ2) is 6.70. The number of anilines is 1. The molecule has 2 heterocycles. The first-order chi connectivity index (χ1) is 9.89. The summed E-state index contributed by atoms with van der Waals surface area (Å²) in [6.07, 6.45) is 6.76. The summed E-state index contributed by atoms with van der Waals surface area (Å²) in [5.41, 5.74) is 1.13. The summed E-state index contributed by atoms with van der Waals surface area (Å²) in [6.45, 7) is 6.10. The SMILES string of the molecule is CCc1cnc(N2CCC(C(C)COS(C)(=O)=O)C2)nc1. The van der Waals surface area contributed by atoms with E-state index < -0.39 is 10.1 Å². The van der Waals surface area contributed by atoms with Crippen LogP contribution in [-0.4, -0.2) is 44.3 Å². The van der Waals surface area contributed by atoms with Crippen LogP contribution in [0.5, 0.6) is 0 Å². The lowest BCUT2D eigenvalue weighted by Gasteiger charge is -2.20. The van der Waals surface area contributed by atoms with E-state index in [1.165, 1.54) is 0 Å². The zero-order chi connectivity index (χ0) is 15.5. The molecule has 1 aliphatic rings. The Bertz CT molecular complexity index is 559. The van der Waals surface area contributed by atoms with Gasteiger partial charge in [0.25, 0.3) is 10.1 Å². The molecule has 2 rings (SSSR count). The van der Waals surface area contributed by atoms with Crippen LogP contribution < -0.4 is 4.90 Å². The lowest BCUT2D eigenvalue weighted by Crippen LogP contribution is -2.25. The van der Waals surface area contributed by atoms with Crippen molar-refractivity contribution in [3.63, 3.8) is 0 Å². The van der Waals surface area contributed by atoms with Crippen molar-refractivity contribution in [3.8, 4) is 0 Å². The zero-order valence-corrected chi connectivity index (χ0v) is 13.6. The van der Waals surface area contributed by atoms with E-state index >= 15 is 0 Å². The Morgan fingerprint density at radius 1 is 1.43 bits per heavy atom. The minimum absolute atomic E-state index is 0.194. The van der Waals surface area contributed by atoms with Gasteiger partial charge in [-0.3, -0.25) is 4.18 Å². The summed E-state index contributed by atoms with van der Waals surface area (Å²) in [5, 5.41) is 0. The Morgan fingerprint density at radius 3 is 2.67 bits per heavy atom. The van der Waals surface area contributed by atoms with Crippen LogP contribution in [0.15, 0.2) is 12.4 Å². The Kier molecular flexibility index (Phi) is 5.16. The smallest absolute Gasteiger partial charge is 0.264 e. The average molecular weight is 313 g/mol. The van der Waals surface area contributed by atoms with Gasteiger partial charge in [-0.05, 0) is 30.2 Å². The molecule has 0 aliphatic carbocycles. The van der Waals surface area contributed by atoms with Crippen molar-refractivity contribution in [1.82, 2.24) is 9.97 Å². The van der Waals surface area contributed by atoms with Crippen LogP contribution >= 0.6 is 0 Å². The van der Waals surface area contributed by atoms with Gasteiger partial charge in [0.1, 0.15) is 0 Å². The number of hydrogen-bond acceptors (Lipinski definition) is 6. The van der Waals surface area contributed by atoms with E-state index in [-0.39, 0.29) is 12.5 Å². The maximum absolute atomic E-state index is 11.0. The summed E-state index contributed by atoms with van der Waals surface area (Å²) in [6, 6.07) is 0. The number of aromatic nitrogens is 2. The van der Waals surface area contributed by atoms with E-state index in [2.05, 4.69) is 21.8 Å². The highest BCUT2D eigenvalue weighted by Crippen LogP contribution is 2.26. The summed E-state index contributed by atoms with van der Waals surface area (Å²) < 4.78 is 27.0. The summed E-state index contributed by atoms with van der Waals surface area (Å²) >= 11 is 0. The minimum Gasteiger partial charge on any atom is -0.341 e. The second-order valence-electron chi connectivity index (χ2n) is 5.71. The molecule has 6 nitrogen and oxygen atoms in total. The van der Waals surface area contributed by atoms with Crippen molar-refractivity contribution in [2.45, 2.75) is 26.7 Å². The fourth-order valence-electron chi connectivity index (χ4n) is 2.49. The summed E-state index contributed by atoms with van der Waals surface area (Å²) in [5.74, 6) is 1.35. The fraction of sp³-hybridized carbons (Fsp3) is 0.714. The largest absolute Gasteiger partial charge is 0.341 e. The van der Waals surface area contributed by atoms with Crippen LogP contribution in [0.2, 0.25) is 0 Å². The Hall–Kier alpha value is -1.21. The van der Waals surface area contributed by atoms with Crippen molar-refractivity contribution in [2.24, 2.45) is 11.8 Å². The fourth-order valence-corrected chi connectivity index (χ4v) is 2.96. The van der Waals surface area contributed by atoms with Gasteiger partial charge >= 0.3 is 0 Å². The third kappa shape index (κ3) is 4.64. The molecule has 21 heavy (non-hydrogen) atoms. The Labute approximate surface area is 126 Å². The van der Waals surface area contributed by atoms with Crippen LogP contribution in [0.25, 0.3) is 0 Å². The molecule has 1 saturated heterocycles. The molecule has 0 saturated carbocycles. The molecular formula is C14H23N3O3S. The molecule has 2 unspecified atom stereocenters. The van der Waals surface area contributed by atoms with Gasteiger partial charge in [-0.15, -0.1) is 0 Å². The monoisotopic (exact) mass is 313 g/mol. The lowest BCUT2D eigenvalue weighted by atomic mass is 9.94. The normalized spacial score (nSPS) is 20.7. The van der Waals surface area contributed by atoms with Gasteiger partial charge in [-0.25, -0.2) is 9.97 Å². The van der Waals surface area contributed by atoms with Crippen LogP contribution in [0, 0.1) is 11.8 Å². The molecule has 0 N–H and O–H groups in total. The maximum atomic E-state index is 11.0. The highest BCUT2D eigenvalue weighted by Gasteiger charge is 2.29. The predicted octanol–water partition coefficient (Wildman–Crippen LogP) is 1.48. The van der Waals surface area contributed by atoms with Gasteiger partial charge in [0.15, 0.2) is 0 Å². The number of hydrogen-bond donors (Lipinski definition) is 0. The van der Waals surface area contributed by atoms with Crippen LogP contribution in [-0.2, 0) is 20.7 Å². The van der Waals surface area contributed by atoms with Gasteiger partial charge in [0.2, 0.25) is 5.95 Å². The van der Waals surface area contributed by atoms with Crippen molar-refractivity contribution in [1.29, 1.82) is 0 Å². The average Bonchev–Trinajstić information content (AvgIpc) is 2.94. The van der Waals surface area contributed by atoms with Crippen molar-refractivity contribution in [2.75, 3.05) is 30.9 Å². The molecule has 1 aromatic rings. The van der Waals surface area contributed by atoms with E-state index in [0.717, 1.165) is 43.7 Å². The van der Waals surface area contributed by atoms with Gasteiger partial charge in [-0.2, -0.15) is 8.42 Å². The van der Waals surface area contributed by atoms with Gasteiger partial charge < -0.3 is 4.90 Å². The number of nitrogens with zero attached hydrogens (tertiary/aromatic N) is 3. The van der Waals surface area contributed by atoms with Gasteiger partial charge in [-0.1, -0.05) is 13.8 Å². The zero-order valence-electron chi connectivity index (χ0n) is 12.8. The molecule has 2 atom stereocenters.